The molecule has 6 heteroatoms. The summed E-state index contributed by atoms with van der Waals surface area (Å²) in [6, 6.07) is 15.1. The summed E-state index contributed by atoms with van der Waals surface area (Å²) in [5, 5.41) is 17.2. The number of hydrogen-bond acceptors (Lipinski definition) is 4. The predicted octanol–water partition coefficient (Wildman–Crippen LogP) is 2.33. The highest BCUT2D eigenvalue weighted by Gasteiger charge is 2.29. The Morgan fingerprint density at radius 2 is 2.00 bits per heavy atom. The molecule has 6 nitrogen and oxygen atoms in total. The minimum Gasteiger partial charge on any atom is -0.386 e. The lowest BCUT2D eigenvalue weighted by Gasteiger charge is -2.21. The number of likely N-dealkylation sites (tertiary alicyclic amines) is 1. The van der Waals surface area contributed by atoms with E-state index in [1.165, 1.54) is 5.56 Å². The Hall–Kier alpha value is -2.44. The molecule has 2 aromatic rings. The second kappa shape index (κ2) is 10.2. The van der Waals surface area contributed by atoms with Crippen LogP contribution in [0.2, 0.25) is 0 Å². The van der Waals surface area contributed by atoms with Gasteiger partial charge in [-0.15, -0.1) is 0 Å². The van der Waals surface area contributed by atoms with Crippen molar-refractivity contribution in [3.8, 4) is 0 Å². The minimum atomic E-state index is -0.629. The van der Waals surface area contributed by atoms with E-state index in [0.29, 0.717) is 18.6 Å². The molecular weight excluding hydrogens is 350 g/mol. The van der Waals surface area contributed by atoms with Gasteiger partial charge in [-0.1, -0.05) is 30.3 Å². The smallest absolute Gasteiger partial charge is 0.191 e. The number of nitrogens with zero attached hydrogens (tertiary/aromatic N) is 3. The average Bonchev–Trinajstić information content (AvgIpc) is 3.06. The number of hydrogen-bond donors (Lipinski definition) is 3. The van der Waals surface area contributed by atoms with Gasteiger partial charge in [-0.2, -0.15) is 0 Å². The fraction of sp³-hybridized carbons (Fsp3) is 0.455. The summed E-state index contributed by atoms with van der Waals surface area (Å²) in [5.41, 5.74) is 2.18. The van der Waals surface area contributed by atoms with Gasteiger partial charge in [0.1, 0.15) is 0 Å². The van der Waals surface area contributed by atoms with Crippen LogP contribution in [0, 0.1) is 0 Å². The van der Waals surface area contributed by atoms with E-state index in [2.05, 4.69) is 69.7 Å². The van der Waals surface area contributed by atoms with Crippen LogP contribution in [0.1, 0.15) is 37.5 Å². The normalized spacial score (nSPS) is 21.5. The minimum absolute atomic E-state index is 0.315. The highest BCUT2D eigenvalue weighted by molar-refractivity contribution is 5.80. The topological polar surface area (TPSA) is 72.8 Å². The molecule has 1 fully saturated rings. The Bertz CT molecular complexity index is 737. The van der Waals surface area contributed by atoms with Gasteiger partial charge < -0.3 is 15.7 Å². The Balaban J connectivity index is 1.56. The summed E-state index contributed by atoms with van der Waals surface area (Å²) in [7, 11) is 0. The Morgan fingerprint density at radius 1 is 1.25 bits per heavy atom. The SMILES string of the molecule is CCNC(=NCC(O)c1ccncc1)NC1CC(C)N(Cc2ccccc2)C1. The molecule has 0 saturated carbocycles. The third kappa shape index (κ3) is 5.78. The molecule has 0 spiro atoms. The van der Waals surface area contributed by atoms with Crippen LogP contribution in [-0.4, -0.2) is 52.7 Å². The molecule has 0 amide bonds. The average molecular weight is 382 g/mol. The number of nitrogens with one attached hydrogen (secondary N) is 2. The maximum absolute atomic E-state index is 10.3. The number of aliphatic hydroxyl groups is 1. The van der Waals surface area contributed by atoms with Gasteiger partial charge in [0.15, 0.2) is 5.96 Å². The molecule has 0 radical (unpaired) electrons. The second-order valence-electron chi connectivity index (χ2n) is 7.36. The molecule has 28 heavy (non-hydrogen) atoms. The van der Waals surface area contributed by atoms with Crippen molar-refractivity contribution in [3.05, 3.63) is 66.0 Å². The van der Waals surface area contributed by atoms with Crippen LogP contribution in [0.5, 0.6) is 0 Å². The summed E-state index contributed by atoms with van der Waals surface area (Å²) >= 11 is 0. The third-order valence-corrected chi connectivity index (χ3v) is 5.13. The summed E-state index contributed by atoms with van der Waals surface area (Å²) in [6.07, 6.45) is 3.82. The van der Waals surface area contributed by atoms with Crippen LogP contribution in [0.15, 0.2) is 59.9 Å². The summed E-state index contributed by atoms with van der Waals surface area (Å²) in [4.78, 5) is 11.1. The van der Waals surface area contributed by atoms with Gasteiger partial charge in [0.25, 0.3) is 0 Å². The van der Waals surface area contributed by atoms with Gasteiger partial charge >= 0.3 is 0 Å². The van der Waals surface area contributed by atoms with Crippen molar-refractivity contribution in [3.63, 3.8) is 0 Å². The lowest BCUT2D eigenvalue weighted by atomic mass is 10.1. The first-order valence-corrected chi connectivity index (χ1v) is 10.1. The molecule has 1 aromatic heterocycles. The largest absolute Gasteiger partial charge is 0.386 e. The van der Waals surface area contributed by atoms with E-state index in [4.69, 9.17) is 0 Å². The van der Waals surface area contributed by atoms with E-state index in [9.17, 15) is 5.11 Å². The standard InChI is InChI=1S/C22H31N5O/c1-3-24-22(25-14-21(28)19-9-11-23-12-10-19)26-20-13-17(2)27(16-20)15-18-7-5-4-6-8-18/h4-12,17,20-21,28H,3,13-16H2,1-2H3,(H2,24,25,26). The van der Waals surface area contributed by atoms with Gasteiger partial charge in [-0.25, -0.2) is 0 Å². The van der Waals surface area contributed by atoms with Crippen molar-refractivity contribution >= 4 is 5.96 Å². The Morgan fingerprint density at radius 3 is 2.71 bits per heavy atom. The predicted molar refractivity (Wildman–Crippen MR) is 113 cm³/mol. The zero-order valence-electron chi connectivity index (χ0n) is 16.8. The summed E-state index contributed by atoms with van der Waals surface area (Å²) < 4.78 is 0. The van der Waals surface area contributed by atoms with Gasteiger partial charge in [-0.3, -0.25) is 14.9 Å². The van der Waals surface area contributed by atoms with E-state index in [-0.39, 0.29) is 0 Å². The Kier molecular flexibility index (Phi) is 7.39. The lowest BCUT2D eigenvalue weighted by Crippen LogP contribution is -2.44. The van der Waals surface area contributed by atoms with Gasteiger partial charge in [0.2, 0.25) is 0 Å². The van der Waals surface area contributed by atoms with Gasteiger partial charge in [0, 0.05) is 44.1 Å². The summed E-state index contributed by atoms with van der Waals surface area (Å²) in [6.45, 7) is 7.38. The zero-order chi connectivity index (χ0) is 19.8. The monoisotopic (exact) mass is 381 g/mol. The first-order chi connectivity index (χ1) is 13.7. The first-order valence-electron chi connectivity index (χ1n) is 10.1. The first kappa shape index (κ1) is 20.3. The number of benzene rings is 1. The number of rotatable bonds is 7. The number of pyridine rings is 1. The number of aliphatic hydroxyl groups excluding tert-OH is 1. The third-order valence-electron chi connectivity index (χ3n) is 5.13. The number of guanidine groups is 1. The van der Waals surface area contributed by atoms with Crippen molar-refractivity contribution in [2.45, 2.75) is 45.0 Å². The van der Waals surface area contributed by atoms with Crippen molar-refractivity contribution in [2.75, 3.05) is 19.6 Å². The van der Waals surface area contributed by atoms with Crippen LogP contribution >= 0.6 is 0 Å². The van der Waals surface area contributed by atoms with Crippen LogP contribution in [0.25, 0.3) is 0 Å². The zero-order valence-corrected chi connectivity index (χ0v) is 16.8. The quantitative estimate of drug-likeness (QED) is 0.507. The maximum Gasteiger partial charge on any atom is 0.191 e. The molecule has 3 unspecified atom stereocenters. The van der Waals surface area contributed by atoms with Crippen LogP contribution in [0.3, 0.4) is 0 Å². The molecule has 1 aliphatic heterocycles. The molecule has 1 saturated heterocycles. The van der Waals surface area contributed by atoms with Crippen LogP contribution < -0.4 is 10.6 Å². The van der Waals surface area contributed by atoms with E-state index in [1.807, 2.05) is 12.1 Å². The molecular formula is C22H31N5O. The fourth-order valence-corrected chi connectivity index (χ4v) is 3.62. The van der Waals surface area contributed by atoms with Crippen molar-refractivity contribution in [2.24, 2.45) is 4.99 Å². The summed E-state index contributed by atoms with van der Waals surface area (Å²) in [5.74, 6) is 0.759. The lowest BCUT2D eigenvalue weighted by molar-refractivity contribution is 0.187. The highest BCUT2D eigenvalue weighted by atomic mass is 16.3. The van der Waals surface area contributed by atoms with E-state index >= 15 is 0 Å². The van der Waals surface area contributed by atoms with Gasteiger partial charge in [-0.05, 0) is 43.5 Å². The molecule has 0 aliphatic carbocycles. The van der Waals surface area contributed by atoms with E-state index < -0.39 is 6.10 Å². The molecule has 0 bridgehead atoms. The molecule has 2 heterocycles. The fourth-order valence-electron chi connectivity index (χ4n) is 3.62. The van der Waals surface area contributed by atoms with E-state index in [1.54, 1.807) is 12.4 Å². The van der Waals surface area contributed by atoms with Crippen LogP contribution in [-0.2, 0) is 6.54 Å². The Labute approximate surface area is 167 Å². The highest BCUT2D eigenvalue weighted by Crippen LogP contribution is 2.20. The maximum atomic E-state index is 10.3. The second-order valence-corrected chi connectivity index (χ2v) is 7.36. The molecule has 150 valence electrons. The number of aromatic nitrogens is 1. The van der Waals surface area contributed by atoms with Crippen molar-refractivity contribution in [1.29, 1.82) is 0 Å². The van der Waals surface area contributed by atoms with Crippen LogP contribution in [0.4, 0.5) is 0 Å². The molecule has 3 atom stereocenters. The molecule has 3 rings (SSSR count). The van der Waals surface area contributed by atoms with E-state index in [0.717, 1.165) is 37.6 Å². The molecule has 3 N–H and O–H groups in total. The van der Waals surface area contributed by atoms with Gasteiger partial charge in [0.05, 0.1) is 12.6 Å². The van der Waals surface area contributed by atoms with Crippen molar-refractivity contribution in [1.82, 2.24) is 20.5 Å². The molecule has 1 aromatic carbocycles. The molecule has 1 aliphatic rings. The number of aliphatic imine (C=N–C) groups is 1. The van der Waals surface area contributed by atoms with Crippen molar-refractivity contribution < 1.29 is 5.11 Å².